The lowest BCUT2D eigenvalue weighted by atomic mass is 9.69. The molecule has 12 heteroatoms. The van der Waals surface area contributed by atoms with Crippen molar-refractivity contribution in [2.45, 2.75) is 39.7 Å². The smallest absolute Gasteiger partial charge is 0.260 e. The number of aryl methyl sites for hydroxylation is 1. The van der Waals surface area contributed by atoms with Gasteiger partial charge in [0.05, 0.1) is 58.7 Å². The van der Waals surface area contributed by atoms with E-state index in [4.69, 9.17) is 0 Å². The highest BCUT2D eigenvalue weighted by molar-refractivity contribution is 7.21. The minimum atomic E-state index is -0.284. The van der Waals surface area contributed by atoms with Crippen molar-refractivity contribution in [1.29, 1.82) is 0 Å². The number of aromatic nitrogens is 5. The van der Waals surface area contributed by atoms with Crippen molar-refractivity contribution in [2.75, 3.05) is 36.8 Å². The Labute approximate surface area is 253 Å². The fourth-order valence-electron chi connectivity index (χ4n) is 6.14. The number of carbonyl (C=O) groups is 2. The van der Waals surface area contributed by atoms with Gasteiger partial charge >= 0.3 is 0 Å². The van der Waals surface area contributed by atoms with E-state index in [1.54, 1.807) is 23.0 Å². The number of carbonyl (C=O) groups excluding carboxylic acids is 2. The van der Waals surface area contributed by atoms with E-state index < -0.39 is 0 Å². The summed E-state index contributed by atoms with van der Waals surface area (Å²) >= 11 is 1.51. The van der Waals surface area contributed by atoms with E-state index in [1.807, 2.05) is 19.3 Å². The minimum absolute atomic E-state index is 0.104. The van der Waals surface area contributed by atoms with Crippen LogP contribution in [0.25, 0.3) is 15.3 Å². The molecule has 0 aromatic carbocycles. The lowest BCUT2D eigenvalue weighted by molar-refractivity contribution is -0.118. The summed E-state index contributed by atoms with van der Waals surface area (Å²) in [6, 6.07) is 2.15. The number of hydrogen-bond acceptors (Lipinski definition) is 8. The number of thiazole rings is 1. The number of amides is 2. The molecule has 4 aromatic heterocycles. The van der Waals surface area contributed by atoms with Crippen LogP contribution in [0.4, 0.5) is 11.4 Å². The van der Waals surface area contributed by atoms with Gasteiger partial charge < -0.3 is 20.9 Å². The van der Waals surface area contributed by atoms with E-state index in [0.717, 1.165) is 47.7 Å². The van der Waals surface area contributed by atoms with E-state index in [2.05, 4.69) is 79.0 Å². The SMILES string of the molecule is Cc1ncc(NC(=O)CN2CC3C2=CC=CC3(C)C)cc1NC(=O)c1cnn2cc(-c3cnn(C4CCNCC4)c3)sc12. The zero-order valence-corrected chi connectivity index (χ0v) is 25.3. The predicted octanol–water partition coefficient (Wildman–Crippen LogP) is 4.49. The Kier molecular flexibility index (Phi) is 6.89. The maximum atomic E-state index is 13.4. The lowest BCUT2D eigenvalue weighted by Gasteiger charge is -2.51. The number of anilines is 2. The average Bonchev–Trinajstić information content (AvgIpc) is 3.71. The second-order valence-electron chi connectivity index (χ2n) is 12.2. The number of hydrogen-bond donors (Lipinski definition) is 3. The molecule has 1 aliphatic carbocycles. The summed E-state index contributed by atoms with van der Waals surface area (Å²) in [6.07, 6.45) is 17.6. The minimum Gasteiger partial charge on any atom is -0.364 e. The van der Waals surface area contributed by atoms with E-state index in [1.165, 1.54) is 17.0 Å². The van der Waals surface area contributed by atoms with Gasteiger partial charge in [0.15, 0.2) is 0 Å². The van der Waals surface area contributed by atoms with Crippen LogP contribution in [-0.2, 0) is 4.79 Å². The highest BCUT2D eigenvalue weighted by Crippen LogP contribution is 2.45. The molecule has 3 aliphatic rings. The molecule has 11 nitrogen and oxygen atoms in total. The molecular weight excluding hydrogens is 562 g/mol. The van der Waals surface area contributed by atoms with Crippen LogP contribution in [0.1, 0.15) is 48.8 Å². The van der Waals surface area contributed by atoms with Gasteiger partial charge in [-0.2, -0.15) is 10.2 Å². The number of nitrogens with one attached hydrogen (secondary N) is 3. The molecule has 3 N–H and O–H groups in total. The van der Waals surface area contributed by atoms with Crippen molar-refractivity contribution < 1.29 is 9.59 Å². The van der Waals surface area contributed by atoms with Gasteiger partial charge in [0.2, 0.25) is 5.91 Å². The fourth-order valence-corrected chi connectivity index (χ4v) is 7.17. The molecule has 0 radical (unpaired) electrons. The molecule has 2 fully saturated rings. The van der Waals surface area contributed by atoms with Gasteiger partial charge in [-0.15, -0.1) is 11.3 Å². The predicted molar refractivity (Wildman–Crippen MR) is 167 cm³/mol. The average molecular weight is 598 g/mol. The first kappa shape index (κ1) is 27.5. The van der Waals surface area contributed by atoms with Crippen molar-refractivity contribution in [3.05, 3.63) is 72.2 Å². The summed E-state index contributed by atoms with van der Waals surface area (Å²) in [5.41, 5.74) is 4.51. The molecule has 0 saturated carbocycles. The first-order valence-electron chi connectivity index (χ1n) is 14.7. The van der Waals surface area contributed by atoms with Crippen LogP contribution in [-0.4, -0.2) is 67.3 Å². The normalized spacial score (nSPS) is 19.6. The zero-order valence-electron chi connectivity index (χ0n) is 24.5. The van der Waals surface area contributed by atoms with Crippen molar-refractivity contribution in [1.82, 2.24) is 34.6 Å². The third-order valence-corrected chi connectivity index (χ3v) is 9.94. The molecule has 0 spiro atoms. The summed E-state index contributed by atoms with van der Waals surface area (Å²) < 4.78 is 3.79. The van der Waals surface area contributed by atoms with Gasteiger partial charge in [-0.3, -0.25) is 19.3 Å². The number of pyridine rings is 1. The van der Waals surface area contributed by atoms with E-state index in [0.29, 0.717) is 34.6 Å². The topological polar surface area (TPSA) is 121 Å². The number of likely N-dealkylation sites (tertiary alicyclic amines) is 1. The Balaban J connectivity index is 1.02. The van der Waals surface area contributed by atoms with Crippen LogP contribution in [0.3, 0.4) is 0 Å². The lowest BCUT2D eigenvalue weighted by Crippen LogP contribution is -2.53. The van der Waals surface area contributed by atoms with E-state index >= 15 is 0 Å². The Bertz CT molecular complexity index is 1770. The van der Waals surface area contributed by atoms with Gasteiger partial charge in [-0.1, -0.05) is 26.0 Å². The molecule has 2 aliphatic heterocycles. The molecule has 2 saturated heterocycles. The Morgan fingerprint density at radius 1 is 1.12 bits per heavy atom. The Hall–Kier alpha value is -4.29. The number of rotatable bonds is 7. The molecule has 4 aromatic rings. The molecule has 1 unspecified atom stereocenters. The third kappa shape index (κ3) is 5.25. The highest BCUT2D eigenvalue weighted by Gasteiger charge is 2.43. The molecule has 43 heavy (non-hydrogen) atoms. The number of fused-ring (bicyclic) bond motifs is 2. The second-order valence-corrected chi connectivity index (χ2v) is 13.2. The largest absolute Gasteiger partial charge is 0.364 e. The quantitative estimate of drug-likeness (QED) is 0.287. The summed E-state index contributed by atoms with van der Waals surface area (Å²) in [4.78, 5) is 34.5. The summed E-state index contributed by atoms with van der Waals surface area (Å²) in [5, 5.41) is 18.3. The summed E-state index contributed by atoms with van der Waals surface area (Å²) in [7, 11) is 0. The number of nitrogens with zero attached hydrogens (tertiary/aromatic N) is 6. The molecule has 2 amide bonds. The summed E-state index contributed by atoms with van der Waals surface area (Å²) in [5.74, 6) is 0.0381. The third-order valence-electron chi connectivity index (χ3n) is 8.78. The molecule has 1 atom stereocenters. The fraction of sp³-hybridized carbons (Fsp3) is 0.387. The van der Waals surface area contributed by atoms with Crippen molar-refractivity contribution >= 4 is 39.4 Å². The standard InChI is InChI=1S/C31H35N9O2S/c1-19-25(11-21(13-33-19)36-28(41)18-38-16-24-26(38)5-4-8-31(24,2)3)37-29(42)23-14-35-40-17-27(43-30(23)40)20-12-34-39(15-20)22-6-9-32-10-7-22/h4-5,8,11-15,17,22,24,32H,6-7,9-10,16,18H2,1-3H3,(H,36,41)(H,37,42). The molecule has 0 bridgehead atoms. The molecule has 6 heterocycles. The zero-order chi connectivity index (χ0) is 29.7. The highest BCUT2D eigenvalue weighted by atomic mass is 32.1. The van der Waals surface area contributed by atoms with Crippen molar-refractivity contribution in [3.63, 3.8) is 0 Å². The van der Waals surface area contributed by atoms with Crippen LogP contribution < -0.4 is 16.0 Å². The van der Waals surface area contributed by atoms with Crippen LogP contribution in [0.5, 0.6) is 0 Å². The first-order valence-corrected chi connectivity index (χ1v) is 15.5. The molecule has 222 valence electrons. The van der Waals surface area contributed by atoms with E-state index in [9.17, 15) is 9.59 Å². The maximum absolute atomic E-state index is 13.4. The van der Waals surface area contributed by atoms with Crippen LogP contribution in [0, 0.1) is 18.3 Å². The van der Waals surface area contributed by atoms with Crippen molar-refractivity contribution in [2.24, 2.45) is 11.3 Å². The van der Waals surface area contributed by atoms with Gasteiger partial charge in [0.25, 0.3) is 5.91 Å². The Morgan fingerprint density at radius 2 is 1.95 bits per heavy atom. The van der Waals surface area contributed by atoms with Crippen LogP contribution in [0.2, 0.25) is 0 Å². The van der Waals surface area contributed by atoms with Crippen molar-refractivity contribution in [3.8, 4) is 10.4 Å². The van der Waals surface area contributed by atoms with Gasteiger partial charge in [-0.05, 0) is 50.4 Å². The molecule has 7 rings (SSSR count). The number of allylic oxidation sites excluding steroid dienone is 3. The maximum Gasteiger partial charge on any atom is 0.260 e. The van der Waals surface area contributed by atoms with Crippen LogP contribution >= 0.6 is 11.3 Å². The van der Waals surface area contributed by atoms with E-state index in [-0.39, 0.29) is 23.8 Å². The monoisotopic (exact) mass is 597 g/mol. The molecular formula is C31H35N9O2S. The van der Waals surface area contributed by atoms with Crippen LogP contribution in [0.15, 0.2) is 61.0 Å². The Morgan fingerprint density at radius 3 is 2.79 bits per heavy atom. The number of piperidine rings is 1. The first-order chi connectivity index (χ1) is 20.7. The second kappa shape index (κ2) is 10.8. The van der Waals surface area contributed by atoms with Gasteiger partial charge in [0, 0.05) is 36.1 Å². The van der Waals surface area contributed by atoms with Gasteiger partial charge in [0.1, 0.15) is 4.83 Å². The van der Waals surface area contributed by atoms with Gasteiger partial charge in [-0.25, -0.2) is 4.52 Å². The summed E-state index contributed by atoms with van der Waals surface area (Å²) in [6.45, 7) is 9.41.